The topological polar surface area (TPSA) is 64.3 Å². The Bertz CT molecular complexity index is 221. The minimum Gasteiger partial charge on any atom is -0.385 e. The Balaban J connectivity index is 2.07. The summed E-state index contributed by atoms with van der Waals surface area (Å²) >= 11 is 0. The van der Waals surface area contributed by atoms with Gasteiger partial charge in [0.2, 0.25) is 5.91 Å². The molecular weight excluding hydrogens is 216 g/mol. The van der Waals surface area contributed by atoms with Gasteiger partial charge < -0.3 is 15.8 Å². The maximum Gasteiger partial charge on any atom is 0.220 e. The van der Waals surface area contributed by atoms with Gasteiger partial charge in [-0.1, -0.05) is 12.8 Å². The van der Waals surface area contributed by atoms with Crippen molar-refractivity contribution in [3.63, 3.8) is 0 Å². The molecular formula is C13H26N2O2. The van der Waals surface area contributed by atoms with Gasteiger partial charge in [-0.05, 0) is 31.6 Å². The molecule has 0 bridgehead atoms. The molecule has 1 aliphatic carbocycles. The van der Waals surface area contributed by atoms with E-state index in [1.165, 1.54) is 12.8 Å². The van der Waals surface area contributed by atoms with Crippen molar-refractivity contribution in [2.45, 2.75) is 51.0 Å². The van der Waals surface area contributed by atoms with Crippen molar-refractivity contribution < 1.29 is 9.53 Å². The molecule has 0 aromatic heterocycles. The number of carbonyl (C=O) groups is 1. The first-order chi connectivity index (χ1) is 8.24. The summed E-state index contributed by atoms with van der Waals surface area (Å²) in [6, 6.07) is 0.225. The van der Waals surface area contributed by atoms with E-state index in [1.54, 1.807) is 7.11 Å². The molecule has 1 rings (SSSR count). The van der Waals surface area contributed by atoms with Crippen LogP contribution in [0.3, 0.4) is 0 Å². The highest BCUT2D eigenvalue weighted by molar-refractivity contribution is 5.76. The average Bonchev–Trinajstić information content (AvgIpc) is 2.32. The standard InChI is InChI=1S/C13H26N2O2/c1-17-9-5-4-8-15-13(16)10-11-6-2-3-7-12(11)14/h11-12H,2-10,14H2,1H3,(H,15,16). The lowest BCUT2D eigenvalue weighted by Crippen LogP contribution is -2.37. The van der Waals surface area contributed by atoms with E-state index in [4.69, 9.17) is 10.5 Å². The van der Waals surface area contributed by atoms with Gasteiger partial charge in [-0.25, -0.2) is 0 Å². The SMILES string of the molecule is COCCCCNC(=O)CC1CCCCC1N. The van der Waals surface area contributed by atoms with Crippen molar-refractivity contribution in [2.24, 2.45) is 11.7 Å². The molecule has 0 heterocycles. The zero-order valence-electron chi connectivity index (χ0n) is 10.9. The Hall–Kier alpha value is -0.610. The molecule has 1 amide bonds. The van der Waals surface area contributed by atoms with Crippen LogP contribution in [-0.2, 0) is 9.53 Å². The number of ether oxygens (including phenoxy) is 1. The van der Waals surface area contributed by atoms with Gasteiger partial charge in [0.05, 0.1) is 0 Å². The van der Waals surface area contributed by atoms with Gasteiger partial charge in [0, 0.05) is 32.7 Å². The molecule has 2 unspecified atom stereocenters. The number of rotatable bonds is 7. The summed E-state index contributed by atoms with van der Waals surface area (Å²) in [6.07, 6.45) is 7.21. The predicted molar refractivity (Wildman–Crippen MR) is 68.7 cm³/mol. The monoisotopic (exact) mass is 242 g/mol. The molecule has 0 radical (unpaired) electrons. The molecule has 100 valence electrons. The molecule has 1 aliphatic rings. The highest BCUT2D eigenvalue weighted by atomic mass is 16.5. The normalized spacial score (nSPS) is 24.6. The minimum absolute atomic E-state index is 0.157. The van der Waals surface area contributed by atoms with Crippen LogP contribution < -0.4 is 11.1 Å². The van der Waals surface area contributed by atoms with Crippen molar-refractivity contribution in [3.8, 4) is 0 Å². The van der Waals surface area contributed by atoms with Crippen molar-refractivity contribution >= 4 is 5.91 Å². The Morgan fingerprint density at radius 1 is 1.35 bits per heavy atom. The third kappa shape index (κ3) is 6.03. The summed E-state index contributed by atoms with van der Waals surface area (Å²) in [5, 5.41) is 2.96. The summed E-state index contributed by atoms with van der Waals surface area (Å²) in [7, 11) is 1.70. The number of carbonyl (C=O) groups excluding carboxylic acids is 1. The van der Waals surface area contributed by atoms with Crippen LogP contribution in [0.15, 0.2) is 0 Å². The molecule has 3 N–H and O–H groups in total. The number of unbranched alkanes of at least 4 members (excludes halogenated alkanes) is 1. The molecule has 1 fully saturated rings. The fourth-order valence-corrected chi connectivity index (χ4v) is 2.40. The number of hydrogen-bond acceptors (Lipinski definition) is 3. The molecule has 0 spiro atoms. The molecule has 17 heavy (non-hydrogen) atoms. The largest absolute Gasteiger partial charge is 0.385 e. The number of methoxy groups -OCH3 is 1. The Labute approximate surface area is 104 Å². The molecule has 0 saturated heterocycles. The smallest absolute Gasteiger partial charge is 0.220 e. The number of amides is 1. The van der Waals surface area contributed by atoms with E-state index in [1.807, 2.05) is 0 Å². The van der Waals surface area contributed by atoms with Crippen LogP contribution in [0.25, 0.3) is 0 Å². The van der Waals surface area contributed by atoms with E-state index in [9.17, 15) is 4.79 Å². The first-order valence-corrected chi connectivity index (χ1v) is 6.75. The summed E-state index contributed by atoms with van der Waals surface area (Å²) in [5.74, 6) is 0.549. The number of nitrogens with two attached hydrogens (primary N) is 1. The second-order valence-electron chi connectivity index (χ2n) is 4.96. The first-order valence-electron chi connectivity index (χ1n) is 6.75. The second-order valence-corrected chi connectivity index (χ2v) is 4.96. The zero-order chi connectivity index (χ0) is 12.5. The van der Waals surface area contributed by atoms with Gasteiger partial charge >= 0.3 is 0 Å². The molecule has 1 saturated carbocycles. The van der Waals surface area contributed by atoms with Crippen LogP contribution in [-0.4, -0.2) is 32.2 Å². The second kappa shape index (κ2) is 8.48. The first kappa shape index (κ1) is 14.5. The lowest BCUT2D eigenvalue weighted by atomic mass is 9.83. The van der Waals surface area contributed by atoms with Crippen molar-refractivity contribution in [1.82, 2.24) is 5.32 Å². The third-order valence-corrected chi connectivity index (χ3v) is 3.51. The molecule has 2 atom stereocenters. The summed E-state index contributed by atoms with van der Waals surface area (Å²) in [5.41, 5.74) is 6.03. The fourth-order valence-electron chi connectivity index (χ4n) is 2.40. The maximum absolute atomic E-state index is 11.7. The van der Waals surface area contributed by atoms with Gasteiger partial charge in [-0.15, -0.1) is 0 Å². The summed E-state index contributed by atoms with van der Waals surface area (Å²) in [4.78, 5) is 11.7. The Morgan fingerprint density at radius 2 is 2.12 bits per heavy atom. The van der Waals surface area contributed by atoms with Crippen molar-refractivity contribution in [1.29, 1.82) is 0 Å². The van der Waals surface area contributed by atoms with Gasteiger partial charge in [0.15, 0.2) is 0 Å². The van der Waals surface area contributed by atoms with Crippen LogP contribution in [0.5, 0.6) is 0 Å². The van der Waals surface area contributed by atoms with Crippen molar-refractivity contribution in [2.75, 3.05) is 20.3 Å². The van der Waals surface area contributed by atoms with E-state index in [0.29, 0.717) is 12.3 Å². The lowest BCUT2D eigenvalue weighted by molar-refractivity contribution is -0.122. The van der Waals surface area contributed by atoms with Crippen LogP contribution in [0.2, 0.25) is 0 Å². The van der Waals surface area contributed by atoms with E-state index >= 15 is 0 Å². The number of nitrogens with one attached hydrogen (secondary N) is 1. The van der Waals surface area contributed by atoms with Gasteiger partial charge in [0.1, 0.15) is 0 Å². The Morgan fingerprint density at radius 3 is 2.82 bits per heavy atom. The molecule has 4 nitrogen and oxygen atoms in total. The van der Waals surface area contributed by atoms with Crippen LogP contribution in [0, 0.1) is 5.92 Å². The minimum atomic E-state index is 0.157. The maximum atomic E-state index is 11.7. The van der Waals surface area contributed by atoms with Gasteiger partial charge in [0.25, 0.3) is 0 Å². The predicted octanol–water partition coefficient (Wildman–Crippen LogP) is 1.44. The van der Waals surface area contributed by atoms with E-state index in [-0.39, 0.29) is 11.9 Å². The van der Waals surface area contributed by atoms with E-state index in [0.717, 1.165) is 38.8 Å². The van der Waals surface area contributed by atoms with E-state index in [2.05, 4.69) is 5.32 Å². The fraction of sp³-hybridized carbons (Fsp3) is 0.923. The molecule has 4 heteroatoms. The van der Waals surface area contributed by atoms with Gasteiger partial charge in [-0.3, -0.25) is 4.79 Å². The van der Waals surface area contributed by atoms with Crippen LogP contribution in [0.1, 0.15) is 44.9 Å². The molecule has 0 aromatic rings. The molecule has 0 aliphatic heterocycles. The highest BCUT2D eigenvalue weighted by Crippen LogP contribution is 2.25. The van der Waals surface area contributed by atoms with Gasteiger partial charge in [-0.2, -0.15) is 0 Å². The third-order valence-electron chi connectivity index (χ3n) is 3.51. The van der Waals surface area contributed by atoms with E-state index < -0.39 is 0 Å². The quantitative estimate of drug-likeness (QED) is 0.664. The average molecular weight is 242 g/mol. The highest BCUT2D eigenvalue weighted by Gasteiger charge is 2.23. The van der Waals surface area contributed by atoms with Crippen molar-refractivity contribution in [3.05, 3.63) is 0 Å². The Kier molecular flexibility index (Phi) is 7.21. The molecule has 0 aromatic carbocycles. The van der Waals surface area contributed by atoms with Crippen LogP contribution in [0.4, 0.5) is 0 Å². The number of hydrogen-bond donors (Lipinski definition) is 2. The summed E-state index contributed by atoms with van der Waals surface area (Å²) < 4.78 is 4.96. The summed E-state index contributed by atoms with van der Waals surface area (Å²) in [6.45, 7) is 1.52. The lowest BCUT2D eigenvalue weighted by Gasteiger charge is -2.27. The van der Waals surface area contributed by atoms with Crippen LogP contribution >= 0.6 is 0 Å². The zero-order valence-corrected chi connectivity index (χ0v) is 10.9.